The van der Waals surface area contributed by atoms with E-state index in [2.05, 4.69) is 25.8 Å². The number of aliphatic hydroxyl groups excluding tert-OH is 1. The Balaban J connectivity index is 2.82. The molecule has 1 rings (SSSR count). The smallest absolute Gasteiger partial charge is 0.199 e. The fourth-order valence-corrected chi connectivity index (χ4v) is 1.23. The number of aryl methyl sites for hydroxylation is 2. The van der Waals surface area contributed by atoms with Gasteiger partial charge in [-0.25, -0.2) is 4.98 Å². The zero-order valence-corrected chi connectivity index (χ0v) is 9.42. The number of hydrogen-bond acceptors (Lipinski definition) is 3. The molecule has 0 unspecified atom stereocenters. The van der Waals surface area contributed by atoms with E-state index >= 15 is 0 Å². The highest BCUT2D eigenvalue weighted by molar-refractivity contribution is 5.12. The minimum Gasteiger partial charge on any atom is -0.445 e. The third-order valence-corrected chi connectivity index (χ3v) is 2.11. The van der Waals surface area contributed by atoms with Crippen LogP contribution in [0.1, 0.15) is 44.5 Å². The van der Waals surface area contributed by atoms with Gasteiger partial charge in [0.2, 0.25) is 0 Å². The Kier molecular flexibility index (Phi) is 3.32. The Hall–Kier alpha value is -0.830. The van der Waals surface area contributed by atoms with E-state index in [-0.39, 0.29) is 12.0 Å². The maximum Gasteiger partial charge on any atom is 0.199 e. The molecule has 14 heavy (non-hydrogen) atoms. The number of hydrogen-bond donors (Lipinski definition) is 1. The molecule has 1 aromatic rings. The summed E-state index contributed by atoms with van der Waals surface area (Å²) in [5.41, 5.74) is 0.936. The van der Waals surface area contributed by atoms with Crippen molar-refractivity contribution in [2.45, 2.75) is 46.0 Å². The van der Waals surface area contributed by atoms with Crippen LogP contribution in [0.5, 0.6) is 0 Å². The minimum absolute atomic E-state index is 0.0395. The van der Waals surface area contributed by atoms with Crippen molar-refractivity contribution in [3.8, 4) is 0 Å². The lowest BCUT2D eigenvalue weighted by atomic mass is 9.97. The standard InChI is InChI=1S/C11H19NO2/c1-8-9(6-5-7-13)12-10(14-8)11(2,3)4/h13H,5-7H2,1-4H3. The van der Waals surface area contributed by atoms with Crippen LogP contribution in [-0.4, -0.2) is 16.7 Å². The van der Waals surface area contributed by atoms with Crippen LogP contribution >= 0.6 is 0 Å². The van der Waals surface area contributed by atoms with Gasteiger partial charge in [-0.2, -0.15) is 0 Å². The van der Waals surface area contributed by atoms with E-state index in [9.17, 15) is 0 Å². The molecule has 0 radical (unpaired) electrons. The number of aromatic nitrogens is 1. The van der Waals surface area contributed by atoms with Gasteiger partial charge in [0.05, 0.1) is 5.69 Å². The van der Waals surface area contributed by atoms with E-state index in [0.29, 0.717) is 0 Å². The van der Waals surface area contributed by atoms with Crippen LogP contribution in [0.2, 0.25) is 0 Å². The molecule has 1 N–H and O–H groups in total. The molecule has 0 fully saturated rings. The van der Waals surface area contributed by atoms with Crippen molar-refractivity contribution in [1.82, 2.24) is 4.98 Å². The van der Waals surface area contributed by atoms with Gasteiger partial charge in [0, 0.05) is 12.0 Å². The zero-order valence-electron chi connectivity index (χ0n) is 9.42. The Bertz CT molecular complexity index is 297. The quantitative estimate of drug-likeness (QED) is 0.808. The summed E-state index contributed by atoms with van der Waals surface area (Å²) in [5.74, 6) is 1.66. The maximum absolute atomic E-state index is 8.73. The average molecular weight is 197 g/mol. The first-order valence-electron chi connectivity index (χ1n) is 5.03. The monoisotopic (exact) mass is 197 g/mol. The van der Waals surface area contributed by atoms with E-state index in [1.165, 1.54) is 0 Å². The second-order valence-corrected chi connectivity index (χ2v) is 4.60. The lowest BCUT2D eigenvalue weighted by Gasteiger charge is -2.11. The van der Waals surface area contributed by atoms with E-state index in [1.54, 1.807) is 0 Å². The summed E-state index contributed by atoms with van der Waals surface area (Å²) in [6.45, 7) is 8.36. The molecule has 0 saturated heterocycles. The highest BCUT2D eigenvalue weighted by atomic mass is 16.4. The Morgan fingerprint density at radius 2 is 2.00 bits per heavy atom. The maximum atomic E-state index is 8.73. The Labute approximate surface area is 85.2 Å². The summed E-state index contributed by atoms with van der Waals surface area (Å²) in [5, 5.41) is 8.73. The Morgan fingerprint density at radius 3 is 2.43 bits per heavy atom. The van der Waals surface area contributed by atoms with Crippen molar-refractivity contribution in [2.75, 3.05) is 6.61 Å². The fourth-order valence-electron chi connectivity index (χ4n) is 1.23. The first-order chi connectivity index (χ1) is 6.45. The van der Waals surface area contributed by atoms with Crippen LogP contribution in [0.4, 0.5) is 0 Å². The van der Waals surface area contributed by atoms with Crippen LogP contribution in [-0.2, 0) is 11.8 Å². The van der Waals surface area contributed by atoms with Crippen LogP contribution in [0, 0.1) is 6.92 Å². The number of nitrogens with zero attached hydrogens (tertiary/aromatic N) is 1. The molecule has 0 aliphatic rings. The molecule has 0 aliphatic heterocycles. The van der Waals surface area contributed by atoms with Gasteiger partial charge in [0.15, 0.2) is 5.89 Å². The van der Waals surface area contributed by atoms with Crippen LogP contribution in [0.3, 0.4) is 0 Å². The first-order valence-corrected chi connectivity index (χ1v) is 5.03. The SMILES string of the molecule is Cc1oc(C(C)(C)C)nc1CCCO. The molecule has 0 atom stereocenters. The Morgan fingerprint density at radius 1 is 1.36 bits per heavy atom. The minimum atomic E-state index is -0.0395. The third-order valence-electron chi connectivity index (χ3n) is 2.11. The summed E-state index contributed by atoms with van der Waals surface area (Å²) >= 11 is 0. The zero-order chi connectivity index (χ0) is 10.8. The van der Waals surface area contributed by atoms with Gasteiger partial charge in [-0.05, 0) is 19.8 Å². The van der Waals surface area contributed by atoms with Gasteiger partial charge >= 0.3 is 0 Å². The normalized spacial score (nSPS) is 12.1. The first kappa shape index (κ1) is 11.2. The molecule has 3 heteroatoms. The van der Waals surface area contributed by atoms with Crippen LogP contribution < -0.4 is 0 Å². The summed E-state index contributed by atoms with van der Waals surface area (Å²) in [6.07, 6.45) is 1.54. The predicted molar refractivity (Wildman–Crippen MR) is 55.3 cm³/mol. The lowest BCUT2D eigenvalue weighted by Crippen LogP contribution is -2.11. The van der Waals surface area contributed by atoms with Crippen LogP contribution in [0.15, 0.2) is 4.42 Å². The fraction of sp³-hybridized carbons (Fsp3) is 0.727. The van der Waals surface area contributed by atoms with E-state index in [1.807, 2.05) is 6.92 Å². The molecule has 3 nitrogen and oxygen atoms in total. The van der Waals surface area contributed by atoms with Crippen molar-refractivity contribution in [1.29, 1.82) is 0 Å². The molecule has 0 aliphatic carbocycles. The van der Waals surface area contributed by atoms with Crippen molar-refractivity contribution in [3.63, 3.8) is 0 Å². The van der Waals surface area contributed by atoms with Gasteiger partial charge in [-0.1, -0.05) is 20.8 Å². The third kappa shape index (κ3) is 2.58. The molecule has 0 spiro atoms. The summed E-state index contributed by atoms with van der Waals surface area (Å²) in [6, 6.07) is 0. The highest BCUT2D eigenvalue weighted by Crippen LogP contribution is 2.24. The second-order valence-electron chi connectivity index (χ2n) is 4.60. The van der Waals surface area contributed by atoms with Crippen molar-refractivity contribution in [2.24, 2.45) is 0 Å². The van der Waals surface area contributed by atoms with E-state index < -0.39 is 0 Å². The van der Waals surface area contributed by atoms with E-state index in [4.69, 9.17) is 9.52 Å². The van der Waals surface area contributed by atoms with Gasteiger partial charge < -0.3 is 9.52 Å². The van der Waals surface area contributed by atoms with Crippen molar-refractivity contribution in [3.05, 3.63) is 17.3 Å². The predicted octanol–water partition coefficient (Wildman–Crippen LogP) is 2.21. The van der Waals surface area contributed by atoms with Crippen molar-refractivity contribution < 1.29 is 9.52 Å². The number of rotatable bonds is 3. The lowest BCUT2D eigenvalue weighted by molar-refractivity contribution is 0.288. The molecule has 0 saturated carbocycles. The average Bonchev–Trinajstić information content (AvgIpc) is 2.43. The summed E-state index contributed by atoms with van der Waals surface area (Å²) in [4.78, 5) is 4.44. The van der Waals surface area contributed by atoms with Gasteiger partial charge in [0.25, 0.3) is 0 Å². The van der Waals surface area contributed by atoms with Gasteiger partial charge in [-0.3, -0.25) is 0 Å². The summed E-state index contributed by atoms with van der Waals surface area (Å²) in [7, 11) is 0. The molecule has 0 amide bonds. The van der Waals surface area contributed by atoms with Crippen LogP contribution in [0.25, 0.3) is 0 Å². The highest BCUT2D eigenvalue weighted by Gasteiger charge is 2.21. The molecule has 1 heterocycles. The summed E-state index contributed by atoms with van der Waals surface area (Å²) < 4.78 is 5.58. The second kappa shape index (κ2) is 4.13. The van der Waals surface area contributed by atoms with Gasteiger partial charge in [-0.15, -0.1) is 0 Å². The number of aliphatic hydroxyl groups is 1. The topological polar surface area (TPSA) is 46.3 Å². The molecule has 0 bridgehead atoms. The molecule has 1 aromatic heterocycles. The van der Waals surface area contributed by atoms with Crippen molar-refractivity contribution >= 4 is 0 Å². The largest absolute Gasteiger partial charge is 0.445 e. The van der Waals surface area contributed by atoms with E-state index in [0.717, 1.165) is 30.2 Å². The molecule has 0 aromatic carbocycles. The number of oxazole rings is 1. The molecule has 80 valence electrons. The van der Waals surface area contributed by atoms with Gasteiger partial charge in [0.1, 0.15) is 5.76 Å². The molecular weight excluding hydrogens is 178 g/mol. The molecular formula is C11H19NO2.